The van der Waals surface area contributed by atoms with Crippen molar-refractivity contribution in [3.05, 3.63) is 51.0 Å². The van der Waals surface area contributed by atoms with E-state index in [2.05, 4.69) is 18.0 Å². The number of methoxy groups -OCH3 is 1. The molecule has 0 aromatic carbocycles. The fourth-order valence-electron chi connectivity index (χ4n) is 2.52. The van der Waals surface area contributed by atoms with Crippen LogP contribution in [0.2, 0.25) is 0 Å². The molecule has 0 radical (unpaired) electrons. The Kier molecular flexibility index (Phi) is 4.00. The van der Waals surface area contributed by atoms with E-state index in [0.717, 1.165) is 39.3 Å². The fourth-order valence-corrected chi connectivity index (χ4v) is 3.83. The third-order valence-corrected chi connectivity index (χ3v) is 5.08. The van der Waals surface area contributed by atoms with Gasteiger partial charge >= 0.3 is 0 Å². The summed E-state index contributed by atoms with van der Waals surface area (Å²) in [4.78, 5) is 8.07. The van der Waals surface area contributed by atoms with Crippen LogP contribution in [0, 0.1) is 13.8 Å². The molecule has 2 aliphatic rings. The van der Waals surface area contributed by atoms with Gasteiger partial charge in [-0.05, 0) is 38.0 Å². The molecule has 0 spiro atoms. The van der Waals surface area contributed by atoms with Crippen molar-refractivity contribution >= 4 is 35.2 Å². The molecule has 21 heavy (non-hydrogen) atoms. The molecule has 0 saturated heterocycles. The number of hydrogen-bond donors (Lipinski definition) is 1. The Morgan fingerprint density at radius 1 is 1.48 bits per heavy atom. The van der Waals surface area contributed by atoms with Gasteiger partial charge in [0.25, 0.3) is 0 Å². The minimum Gasteiger partial charge on any atom is -0.494 e. The van der Waals surface area contributed by atoms with E-state index in [1.54, 1.807) is 18.9 Å². The summed E-state index contributed by atoms with van der Waals surface area (Å²) in [7, 11) is 1.68. The van der Waals surface area contributed by atoms with Gasteiger partial charge in [-0.25, -0.2) is 4.99 Å². The van der Waals surface area contributed by atoms with Gasteiger partial charge in [-0.3, -0.25) is 0 Å². The van der Waals surface area contributed by atoms with E-state index in [9.17, 15) is 0 Å². The van der Waals surface area contributed by atoms with Crippen LogP contribution >= 0.6 is 23.4 Å². The Morgan fingerprint density at radius 2 is 2.29 bits per heavy atom. The van der Waals surface area contributed by atoms with E-state index >= 15 is 0 Å². The number of allylic oxidation sites excluding steroid dienone is 2. The van der Waals surface area contributed by atoms with Crippen LogP contribution in [-0.4, -0.2) is 23.1 Å². The van der Waals surface area contributed by atoms with E-state index in [-0.39, 0.29) is 0 Å². The van der Waals surface area contributed by atoms with Crippen LogP contribution in [0.1, 0.15) is 23.4 Å². The highest BCUT2D eigenvalue weighted by atomic mass is 35.5. The predicted octanol–water partition coefficient (Wildman–Crippen LogP) is 4.54. The lowest BCUT2D eigenvalue weighted by molar-refractivity contribution is 0.303. The van der Waals surface area contributed by atoms with Crippen LogP contribution in [0.15, 0.2) is 39.0 Å². The summed E-state index contributed by atoms with van der Waals surface area (Å²) in [5.41, 5.74) is 5.31. The Hall–Kier alpha value is -1.39. The Bertz CT molecular complexity index is 697. The number of nitrogens with one attached hydrogen (secondary N) is 1. The van der Waals surface area contributed by atoms with Gasteiger partial charge in [0.2, 0.25) is 0 Å². The number of H-pyrrole nitrogens is 1. The van der Waals surface area contributed by atoms with Gasteiger partial charge in [0.15, 0.2) is 0 Å². The maximum atomic E-state index is 6.04. The molecule has 110 valence electrons. The highest BCUT2D eigenvalue weighted by Gasteiger charge is 2.26. The zero-order chi connectivity index (χ0) is 15.0. The standard InChI is InChI=1S/C16H17ClN2OS/c1-9-6-10(2)18-11(9)7-12-14(20-3)8-13(19-12)15-4-5-16(17)21-15/h5-8,15,18H,4H2,1-3H3/b12-7-. The lowest BCUT2D eigenvalue weighted by atomic mass is 10.2. The van der Waals surface area contributed by atoms with Crippen LogP contribution < -0.4 is 0 Å². The maximum Gasteiger partial charge on any atom is 0.146 e. The minimum absolute atomic E-state index is 0.292. The van der Waals surface area contributed by atoms with Crippen molar-refractivity contribution in [2.75, 3.05) is 7.11 Å². The number of rotatable bonds is 3. The van der Waals surface area contributed by atoms with Gasteiger partial charge < -0.3 is 9.72 Å². The minimum atomic E-state index is 0.292. The van der Waals surface area contributed by atoms with E-state index in [4.69, 9.17) is 21.3 Å². The number of hydrogen-bond acceptors (Lipinski definition) is 3. The number of aliphatic imine (C=N–C) groups is 1. The molecule has 1 aromatic rings. The second-order valence-electron chi connectivity index (χ2n) is 5.18. The van der Waals surface area contributed by atoms with Gasteiger partial charge in [-0.2, -0.15) is 0 Å². The topological polar surface area (TPSA) is 37.4 Å². The molecule has 0 bridgehead atoms. The van der Waals surface area contributed by atoms with Crippen molar-refractivity contribution in [2.24, 2.45) is 4.99 Å². The molecular formula is C16H17ClN2OS. The number of thioether (sulfide) groups is 1. The molecular weight excluding hydrogens is 304 g/mol. The number of ether oxygens (including phenoxy) is 1. The third kappa shape index (κ3) is 2.97. The van der Waals surface area contributed by atoms with Crippen molar-refractivity contribution < 1.29 is 4.74 Å². The van der Waals surface area contributed by atoms with Crippen LogP contribution in [0.5, 0.6) is 0 Å². The molecule has 1 aromatic heterocycles. The molecule has 1 N–H and O–H groups in total. The van der Waals surface area contributed by atoms with Crippen LogP contribution in [0.3, 0.4) is 0 Å². The highest BCUT2D eigenvalue weighted by molar-refractivity contribution is 8.06. The van der Waals surface area contributed by atoms with E-state index in [1.807, 2.05) is 25.2 Å². The number of aryl methyl sites for hydroxylation is 2. The molecule has 0 fully saturated rings. The molecule has 0 amide bonds. The summed E-state index contributed by atoms with van der Waals surface area (Å²) in [6.45, 7) is 4.14. The predicted molar refractivity (Wildman–Crippen MR) is 90.7 cm³/mol. The van der Waals surface area contributed by atoms with E-state index in [1.165, 1.54) is 5.56 Å². The quantitative estimate of drug-likeness (QED) is 0.887. The van der Waals surface area contributed by atoms with Crippen molar-refractivity contribution in [1.29, 1.82) is 0 Å². The summed E-state index contributed by atoms with van der Waals surface area (Å²) >= 11 is 7.69. The highest BCUT2D eigenvalue weighted by Crippen LogP contribution is 2.38. The number of halogens is 1. The summed E-state index contributed by atoms with van der Waals surface area (Å²) in [6.07, 6.45) is 7.01. The first-order valence-electron chi connectivity index (χ1n) is 6.81. The Balaban J connectivity index is 1.90. The van der Waals surface area contributed by atoms with Gasteiger partial charge in [-0.15, -0.1) is 11.8 Å². The van der Waals surface area contributed by atoms with Crippen molar-refractivity contribution in [1.82, 2.24) is 4.98 Å². The summed E-state index contributed by atoms with van der Waals surface area (Å²) in [5, 5.41) is 0.292. The lowest BCUT2D eigenvalue weighted by Gasteiger charge is -2.05. The fraction of sp³-hybridized carbons (Fsp3) is 0.312. The van der Waals surface area contributed by atoms with Crippen molar-refractivity contribution in [3.8, 4) is 0 Å². The largest absolute Gasteiger partial charge is 0.494 e. The van der Waals surface area contributed by atoms with Crippen LogP contribution in [0.25, 0.3) is 6.08 Å². The number of nitrogens with zero attached hydrogens (tertiary/aromatic N) is 1. The number of aromatic nitrogens is 1. The second kappa shape index (κ2) is 5.78. The Labute approximate surface area is 133 Å². The summed E-state index contributed by atoms with van der Waals surface area (Å²) in [6, 6.07) is 2.12. The summed E-state index contributed by atoms with van der Waals surface area (Å²) < 4.78 is 6.31. The molecule has 5 heteroatoms. The first kappa shape index (κ1) is 14.5. The second-order valence-corrected chi connectivity index (χ2v) is 7.05. The van der Waals surface area contributed by atoms with Crippen molar-refractivity contribution in [2.45, 2.75) is 25.5 Å². The van der Waals surface area contributed by atoms with Gasteiger partial charge in [0.1, 0.15) is 11.5 Å². The first-order valence-corrected chi connectivity index (χ1v) is 8.07. The molecule has 3 heterocycles. The zero-order valence-corrected chi connectivity index (χ0v) is 13.8. The van der Waals surface area contributed by atoms with Gasteiger partial charge in [-0.1, -0.05) is 17.7 Å². The molecule has 0 saturated carbocycles. The normalized spacial score (nSPS) is 23.3. The smallest absolute Gasteiger partial charge is 0.146 e. The summed E-state index contributed by atoms with van der Waals surface area (Å²) in [5.74, 6) is 0.806. The van der Waals surface area contributed by atoms with Gasteiger partial charge in [0, 0.05) is 17.5 Å². The van der Waals surface area contributed by atoms with Crippen LogP contribution in [0.4, 0.5) is 0 Å². The SMILES string of the molecule is COC1=CC(C2CC=C(Cl)S2)=N/C1=C\c1[nH]c(C)cc1C. The molecule has 2 aliphatic heterocycles. The van der Waals surface area contributed by atoms with E-state index in [0.29, 0.717) is 5.25 Å². The maximum absolute atomic E-state index is 6.04. The molecule has 1 atom stereocenters. The molecule has 3 rings (SSSR count). The average molecular weight is 321 g/mol. The molecule has 1 unspecified atom stereocenters. The van der Waals surface area contributed by atoms with E-state index < -0.39 is 0 Å². The lowest BCUT2D eigenvalue weighted by Crippen LogP contribution is -2.09. The zero-order valence-electron chi connectivity index (χ0n) is 12.2. The molecule has 3 nitrogen and oxygen atoms in total. The third-order valence-electron chi connectivity index (χ3n) is 3.55. The number of aromatic amines is 1. The Morgan fingerprint density at radius 3 is 2.86 bits per heavy atom. The monoisotopic (exact) mass is 320 g/mol. The van der Waals surface area contributed by atoms with Crippen LogP contribution in [-0.2, 0) is 4.74 Å². The van der Waals surface area contributed by atoms with Crippen molar-refractivity contribution in [3.63, 3.8) is 0 Å². The van der Waals surface area contributed by atoms with Gasteiger partial charge in [0.05, 0.1) is 22.4 Å². The first-order chi connectivity index (χ1) is 10.1. The average Bonchev–Trinajstić information content (AvgIpc) is 3.10. The molecule has 0 aliphatic carbocycles.